The molecule has 34 heavy (non-hydrogen) atoms. The molecule has 170 valence electrons. The van der Waals surface area contributed by atoms with E-state index in [-0.39, 0.29) is 5.91 Å². The number of carbonyl (C=O) groups is 1. The van der Waals surface area contributed by atoms with Crippen molar-refractivity contribution in [1.29, 1.82) is 0 Å². The molecule has 2 heterocycles. The lowest BCUT2D eigenvalue weighted by Gasteiger charge is -2.20. The fourth-order valence-corrected chi connectivity index (χ4v) is 5.15. The standard InChI is InChI=1S/C28H26N4OS/c1-21-7-5-10-25-27(21)30-28(34-25)32(17-6-16-31-18-15-29-20-31)26(33)19-22-11-13-24(14-12-22)23-8-3-2-4-9-23/h2-5,7-15,18,20H,6,16-17,19H2,1H3. The summed E-state index contributed by atoms with van der Waals surface area (Å²) in [7, 11) is 0. The molecule has 1 amide bonds. The van der Waals surface area contributed by atoms with Crippen molar-refractivity contribution < 1.29 is 4.79 Å². The summed E-state index contributed by atoms with van der Waals surface area (Å²) in [6.07, 6.45) is 6.69. The van der Waals surface area contributed by atoms with Gasteiger partial charge in [-0.3, -0.25) is 9.69 Å². The van der Waals surface area contributed by atoms with Crippen molar-refractivity contribution in [3.8, 4) is 11.1 Å². The van der Waals surface area contributed by atoms with Crippen molar-refractivity contribution in [2.24, 2.45) is 0 Å². The molecule has 0 aliphatic carbocycles. The number of anilines is 1. The van der Waals surface area contributed by atoms with Gasteiger partial charge in [0.15, 0.2) is 5.13 Å². The van der Waals surface area contributed by atoms with Gasteiger partial charge in [0.2, 0.25) is 5.91 Å². The summed E-state index contributed by atoms with van der Waals surface area (Å²) in [6.45, 7) is 3.47. The zero-order valence-electron chi connectivity index (χ0n) is 19.1. The van der Waals surface area contributed by atoms with E-state index in [0.29, 0.717) is 13.0 Å². The molecule has 0 fully saturated rings. The number of para-hydroxylation sites is 1. The predicted octanol–water partition coefficient (Wildman–Crippen LogP) is 6.13. The zero-order valence-corrected chi connectivity index (χ0v) is 19.9. The first-order chi connectivity index (χ1) is 16.7. The van der Waals surface area contributed by atoms with Crippen LogP contribution in [0.3, 0.4) is 0 Å². The van der Waals surface area contributed by atoms with Crippen LogP contribution in [0.15, 0.2) is 91.5 Å². The average Bonchev–Trinajstić information content (AvgIpc) is 3.53. The summed E-state index contributed by atoms with van der Waals surface area (Å²) in [4.78, 5) is 24.3. The zero-order chi connectivity index (χ0) is 23.3. The molecule has 3 aromatic carbocycles. The van der Waals surface area contributed by atoms with Crippen molar-refractivity contribution in [1.82, 2.24) is 14.5 Å². The third-order valence-corrected chi connectivity index (χ3v) is 6.96. The number of benzene rings is 3. The Balaban J connectivity index is 1.36. The Morgan fingerprint density at radius 1 is 0.971 bits per heavy atom. The summed E-state index contributed by atoms with van der Waals surface area (Å²) < 4.78 is 3.14. The second kappa shape index (κ2) is 10.0. The first-order valence-corrected chi connectivity index (χ1v) is 12.3. The van der Waals surface area contributed by atoms with Gasteiger partial charge >= 0.3 is 0 Å². The number of rotatable bonds is 8. The highest BCUT2D eigenvalue weighted by Crippen LogP contribution is 2.31. The van der Waals surface area contributed by atoms with E-state index >= 15 is 0 Å². The van der Waals surface area contributed by atoms with Crippen LogP contribution in [-0.2, 0) is 17.8 Å². The average molecular weight is 467 g/mol. The number of fused-ring (bicyclic) bond motifs is 1. The molecule has 0 bridgehead atoms. The molecule has 2 aromatic heterocycles. The fraction of sp³-hybridized carbons (Fsp3) is 0.179. The maximum atomic E-state index is 13.5. The van der Waals surface area contributed by atoms with Gasteiger partial charge in [0.1, 0.15) is 0 Å². The van der Waals surface area contributed by atoms with E-state index in [9.17, 15) is 4.79 Å². The van der Waals surface area contributed by atoms with Gasteiger partial charge in [-0.2, -0.15) is 0 Å². The van der Waals surface area contributed by atoms with E-state index in [1.165, 1.54) is 5.56 Å². The van der Waals surface area contributed by atoms with E-state index in [1.54, 1.807) is 17.5 Å². The van der Waals surface area contributed by atoms with Crippen molar-refractivity contribution in [2.75, 3.05) is 11.4 Å². The van der Waals surface area contributed by atoms with E-state index in [4.69, 9.17) is 4.98 Å². The van der Waals surface area contributed by atoms with E-state index in [0.717, 1.165) is 45.0 Å². The molecule has 5 aromatic rings. The lowest BCUT2D eigenvalue weighted by atomic mass is 10.0. The normalized spacial score (nSPS) is 11.1. The Kier molecular flexibility index (Phi) is 6.49. The van der Waals surface area contributed by atoms with Gasteiger partial charge in [0, 0.05) is 25.5 Å². The molecular weight excluding hydrogens is 440 g/mol. The second-order valence-electron chi connectivity index (χ2n) is 8.36. The second-order valence-corrected chi connectivity index (χ2v) is 9.37. The molecule has 0 spiro atoms. The van der Waals surface area contributed by atoms with Crippen LogP contribution in [0.1, 0.15) is 17.5 Å². The Bertz CT molecular complexity index is 1380. The molecule has 0 radical (unpaired) electrons. The highest BCUT2D eigenvalue weighted by atomic mass is 32.1. The number of nitrogens with zero attached hydrogens (tertiary/aromatic N) is 4. The van der Waals surface area contributed by atoms with Crippen molar-refractivity contribution >= 4 is 32.6 Å². The number of amides is 1. The van der Waals surface area contributed by atoms with Crippen LogP contribution >= 0.6 is 11.3 Å². The van der Waals surface area contributed by atoms with E-state index in [1.807, 2.05) is 58.4 Å². The maximum Gasteiger partial charge on any atom is 0.233 e. The molecule has 0 atom stereocenters. The van der Waals surface area contributed by atoms with Gasteiger partial charge in [-0.05, 0) is 41.7 Å². The third kappa shape index (κ3) is 4.92. The van der Waals surface area contributed by atoms with Gasteiger partial charge < -0.3 is 4.57 Å². The maximum absolute atomic E-state index is 13.5. The number of imidazole rings is 1. The van der Waals surface area contributed by atoms with Crippen LogP contribution in [0.25, 0.3) is 21.3 Å². The summed E-state index contributed by atoms with van der Waals surface area (Å²) in [5.41, 5.74) is 5.42. The van der Waals surface area contributed by atoms with E-state index in [2.05, 4.69) is 48.3 Å². The van der Waals surface area contributed by atoms with Crippen LogP contribution < -0.4 is 4.90 Å². The van der Waals surface area contributed by atoms with Crippen LogP contribution in [0, 0.1) is 6.92 Å². The SMILES string of the molecule is Cc1cccc2sc(N(CCCn3ccnc3)C(=O)Cc3ccc(-c4ccccc4)cc3)nc12. The predicted molar refractivity (Wildman–Crippen MR) is 139 cm³/mol. The van der Waals surface area contributed by atoms with Gasteiger partial charge in [0.25, 0.3) is 0 Å². The van der Waals surface area contributed by atoms with Crippen molar-refractivity contribution in [3.05, 3.63) is 103 Å². The molecule has 5 nitrogen and oxygen atoms in total. The molecule has 0 aliphatic rings. The molecule has 6 heteroatoms. The number of hydrogen-bond acceptors (Lipinski definition) is 4. The van der Waals surface area contributed by atoms with Gasteiger partial charge in [-0.15, -0.1) is 0 Å². The smallest absolute Gasteiger partial charge is 0.233 e. The Hall–Kier alpha value is -3.77. The van der Waals surface area contributed by atoms with Crippen LogP contribution in [0.5, 0.6) is 0 Å². The minimum absolute atomic E-state index is 0.0646. The number of aryl methyl sites for hydroxylation is 2. The quantitative estimate of drug-likeness (QED) is 0.276. The summed E-state index contributed by atoms with van der Waals surface area (Å²) in [5, 5.41) is 0.765. The highest BCUT2D eigenvalue weighted by Gasteiger charge is 2.20. The highest BCUT2D eigenvalue weighted by molar-refractivity contribution is 7.22. The number of thiazole rings is 1. The molecular formula is C28H26N4OS. The van der Waals surface area contributed by atoms with Gasteiger partial charge in [-0.1, -0.05) is 78.1 Å². The summed E-state index contributed by atoms with van der Waals surface area (Å²) in [5.74, 6) is 0.0646. The van der Waals surface area contributed by atoms with Gasteiger partial charge in [0.05, 0.1) is 23.0 Å². The Morgan fingerprint density at radius 3 is 2.50 bits per heavy atom. The molecule has 0 unspecified atom stereocenters. The Morgan fingerprint density at radius 2 is 1.76 bits per heavy atom. The van der Waals surface area contributed by atoms with Crippen molar-refractivity contribution in [2.45, 2.75) is 26.3 Å². The number of hydrogen-bond donors (Lipinski definition) is 0. The number of aromatic nitrogens is 3. The van der Waals surface area contributed by atoms with Crippen LogP contribution in [0.2, 0.25) is 0 Å². The first-order valence-electron chi connectivity index (χ1n) is 11.4. The van der Waals surface area contributed by atoms with E-state index < -0.39 is 0 Å². The molecule has 5 rings (SSSR count). The number of carbonyl (C=O) groups excluding carboxylic acids is 1. The van der Waals surface area contributed by atoms with Crippen LogP contribution in [-0.4, -0.2) is 27.0 Å². The lowest BCUT2D eigenvalue weighted by molar-refractivity contribution is -0.118. The molecule has 0 N–H and O–H groups in total. The topological polar surface area (TPSA) is 51.0 Å². The van der Waals surface area contributed by atoms with Gasteiger partial charge in [-0.25, -0.2) is 9.97 Å². The van der Waals surface area contributed by atoms with Crippen molar-refractivity contribution in [3.63, 3.8) is 0 Å². The minimum atomic E-state index is 0.0646. The third-order valence-electron chi connectivity index (χ3n) is 5.92. The monoisotopic (exact) mass is 466 g/mol. The Labute approximate surface area is 203 Å². The molecule has 0 saturated heterocycles. The van der Waals surface area contributed by atoms with Crippen LogP contribution in [0.4, 0.5) is 5.13 Å². The molecule has 0 saturated carbocycles. The lowest BCUT2D eigenvalue weighted by Crippen LogP contribution is -2.33. The molecule has 0 aliphatic heterocycles. The fourth-order valence-electron chi connectivity index (χ4n) is 4.06. The summed E-state index contributed by atoms with van der Waals surface area (Å²) >= 11 is 1.58. The minimum Gasteiger partial charge on any atom is -0.337 e. The summed E-state index contributed by atoms with van der Waals surface area (Å²) in [6, 6.07) is 24.7. The largest absolute Gasteiger partial charge is 0.337 e. The first kappa shape index (κ1) is 22.0.